The number of thioether (sulfide) groups is 1. The minimum Gasteiger partial charge on any atom is -0.445 e. The lowest BCUT2D eigenvalue weighted by molar-refractivity contribution is -0.384. The van der Waals surface area contributed by atoms with E-state index >= 15 is 0 Å². The highest BCUT2D eigenvalue weighted by Gasteiger charge is 2.35. The van der Waals surface area contributed by atoms with Gasteiger partial charge in [-0.15, -0.1) is 0 Å². The second-order valence-corrected chi connectivity index (χ2v) is 7.02. The maximum Gasteiger partial charge on any atom is 0.410 e. The zero-order valence-corrected chi connectivity index (χ0v) is 14.2. The number of nitrogens with zero attached hydrogens (tertiary/aromatic N) is 2. The molecule has 1 aliphatic heterocycles. The van der Waals surface area contributed by atoms with E-state index in [-0.39, 0.29) is 29.3 Å². The van der Waals surface area contributed by atoms with Crippen LogP contribution in [0.1, 0.15) is 12.0 Å². The maximum absolute atomic E-state index is 12.3. The molecule has 0 radical (unpaired) electrons. The molecule has 0 aliphatic carbocycles. The number of carbonyl (C=O) groups excluding carboxylic acids is 1. The molecule has 2 rings (SSSR count). The number of rotatable bonds is 6. The first-order chi connectivity index (χ1) is 11.4. The molecule has 1 aromatic rings. The number of alkyl halides is 2. The zero-order chi connectivity index (χ0) is 17.7. The van der Waals surface area contributed by atoms with E-state index in [1.54, 1.807) is 0 Å². The molecule has 1 amide bonds. The number of non-ortho nitro benzene ring substituents is 1. The minimum absolute atomic E-state index is 0.0424. The van der Waals surface area contributed by atoms with Crippen LogP contribution < -0.4 is 0 Å². The van der Waals surface area contributed by atoms with Gasteiger partial charge in [0.05, 0.1) is 4.92 Å². The SMILES string of the molecule is O=C(OCc1ccc([N+](=O)[O-])cc1)N1C[C@@H](S)C[C@H]1CSC(F)F. The highest BCUT2D eigenvalue weighted by atomic mass is 32.2. The molecule has 24 heavy (non-hydrogen) atoms. The van der Waals surface area contributed by atoms with Gasteiger partial charge in [0.1, 0.15) is 6.61 Å². The van der Waals surface area contributed by atoms with Gasteiger partial charge in [-0.3, -0.25) is 10.1 Å². The number of hydrogen-bond donors (Lipinski definition) is 1. The number of amides is 1. The average molecular weight is 378 g/mol. The van der Waals surface area contributed by atoms with Crippen molar-refractivity contribution in [2.45, 2.75) is 30.1 Å². The first-order valence-electron chi connectivity index (χ1n) is 7.11. The van der Waals surface area contributed by atoms with Crippen molar-refractivity contribution >= 4 is 36.2 Å². The number of benzene rings is 1. The molecular formula is C14H16F2N2O4S2. The number of nitro benzene ring substituents is 1. The Morgan fingerprint density at radius 3 is 2.71 bits per heavy atom. The molecule has 6 nitrogen and oxygen atoms in total. The van der Waals surface area contributed by atoms with Crippen LogP contribution in [0.15, 0.2) is 24.3 Å². The fourth-order valence-electron chi connectivity index (χ4n) is 2.40. The highest BCUT2D eigenvalue weighted by Crippen LogP contribution is 2.27. The summed E-state index contributed by atoms with van der Waals surface area (Å²) in [6, 6.07) is 5.31. The van der Waals surface area contributed by atoms with Gasteiger partial charge in [-0.05, 0) is 24.1 Å². The number of hydrogen-bond acceptors (Lipinski definition) is 6. The summed E-state index contributed by atoms with van der Waals surface area (Å²) in [7, 11) is 0. The monoisotopic (exact) mass is 378 g/mol. The van der Waals surface area contributed by atoms with Crippen LogP contribution in [0.4, 0.5) is 19.3 Å². The summed E-state index contributed by atoms with van der Waals surface area (Å²) in [6.45, 7) is 0.302. The van der Waals surface area contributed by atoms with Crippen molar-refractivity contribution in [3.05, 3.63) is 39.9 Å². The molecule has 2 atom stereocenters. The van der Waals surface area contributed by atoms with E-state index in [4.69, 9.17) is 4.74 Å². The molecule has 0 saturated carbocycles. The van der Waals surface area contributed by atoms with Crippen LogP contribution in [-0.4, -0.2) is 45.3 Å². The van der Waals surface area contributed by atoms with Gasteiger partial charge >= 0.3 is 6.09 Å². The molecule has 0 bridgehead atoms. The highest BCUT2D eigenvalue weighted by molar-refractivity contribution is 7.99. The van der Waals surface area contributed by atoms with Crippen molar-refractivity contribution in [1.29, 1.82) is 0 Å². The lowest BCUT2D eigenvalue weighted by atomic mass is 10.2. The van der Waals surface area contributed by atoms with Crippen LogP contribution >= 0.6 is 24.4 Å². The molecule has 1 saturated heterocycles. The van der Waals surface area contributed by atoms with Crippen LogP contribution in [0, 0.1) is 10.1 Å². The van der Waals surface area contributed by atoms with Gasteiger partial charge in [0.25, 0.3) is 11.4 Å². The third-order valence-electron chi connectivity index (χ3n) is 3.55. The number of carbonyl (C=O) groups is 1. The van der Waals surface area contributed by atoms with Crippen LogP contribution in [0.25, 0.3) is 0 Å². The Morgan fingerprint density at radius 1 is 1.46 bits per heavy atom. The summed E-state index contributed by atoms with van der Waals surface area (Å²) in [6.07, 6.45) is -0.0556. The molecule has 0 unspecified atom stereocenters. The second kappa shape index (κ2) is 8.52. The van der Waals surface area contributed by atoms with E-state index in [2.05, 4.69) is 12.6 Å². The Kier molecular flexibility index (Phi) is 6.67. The maximum atomic E-state index is 12.3. The standard InChI is InChI=1S/C14H16F2N2O4S2/c15-13(16)24-8-11-5-12(23)6-17(11)14(19)22-7-9-1-3-10(4-2-9)18(20)21/h1-4,11-13,23H,5-8H2/t11-,12-/m0/s1. The second-order valence-electron chi connectivity index (χ2n) is 5.27. The van der Waals surface area contributed by atoms with Crippen molar-refractivity contribution in [1.82, 2.24) is 4.90 Å². The lowest BCUT2D eigenvalue weighted by Crippen LogP contribution is -2.37. The van der Waals surface area contributed by atoms with Gasteiger partial charge in [-0.1, -0.05) is 11.8 Å². The van der Waals surface area contributed by atoms with Gasteiger partial charge in [-0.25, -0.2) is 4.79 Å². The summed E-state index contributed by atoms with van der Waals surface area (Å²) in [4.78, 5) is 23.6. The molecule has 1 aliphatic rings. The molecule has 1 heterocycles. The number of thiol groups is 1. The fraction of sp³-hybridized carbons (Fsp3) is 0.500. The van der Waals surface area contributed by atoms with E-state index in [1.807, 2.05) is 0 Å². The number of ether oxygens (including phenoxy) is 1. The van der Waals surface area contributed by atoms with Crippen molar-refractivity contribution in [2.24, 2.45) is 0 Å². The molecule has 1 fully saturated rings. The van der Waals surface area contributed by atoms with Crippen molar-refractivity contribution < 1.29 is 23.2 Å². The van der Waals surface area contributed by atoms with Gasteiger partial charge in [0, 0.05) is 35.7 Å². The molecule has 0 spiro atoms. The van der Waals surface area contributed by atoms with E-state index in [0.717, 1.165) is 0 Å². The smallest absolute Gasteiger partial charge is 0.410 e. The van der Waals surface area contributed by atoms with E-state index in [9.17, 15) is 23.7 Å². The van der Waals surface area contributed by atoms with Crippen LogP contribution in [-0.2, 0) is 11.3 Å². The van der Waals surface area contributed by atoms with Crippen molar-refractivity contribution in [3.63, 3.8) is 0 Å². The largest absolute Gasteiger partial charge is 0.445 e. The summed E-state index contributed by atoms with van der Waals surface area (Å²) >= 11 is 4.80. The molecule has 0 N–H and O–H groups in total. The van der Waals surface area contributed by atoms with Gasteiger partial charge in [0.15, 0.2) is 0 Å². The zero-order valence-electron chi connectivity index (χ0n) is 12.5. The Morgan fingerprint density at radius 2 is 2.12 bits per heavy atom. The Labute approximate surface area is 147 Å². The molecule has 1 aromatic carbocycles. The van der Waals surface area contributed by atoms with E-state index < -0.39 is 16.8 Å². The average Bonchev–Trinajstić information content (AvgIpc) is 2.92. The third-order valence-corrected chi connectivity index (χ3v) is 4.75. The topological polar surface area (TPSA) is 72.7 Å². The summed E-state index contributed by atoms with van der Waals surface area (Å²) < 4.78 is 29.9. The van der Waals surface area contributed by atoms with Gasteiger partial charge < -0.3 is 9.64 Å². The first-order valence-corrected chi connectivity index (χ1v) is 8.68. The summed E-state index contributed by atoms with van der Waals surface area (Å²) in [5, 5.41) is 10.5. The number of likely N-dealkylation sites (tertiary alicyclic amines) is 1. The van der Waals surface area contributed by atoms with Crippen molar-refractivity contribution in [3.8, 4) is 0 Å². The number of nitro groups is 1. The minimum atomic E-state index is -2.48. The number of halogens is 2. The predicted octanol–water partition coefficient (Wildman–Crippen LogP) is 3.56. The Balaban J connectivity index is 1.89. The fourth-order valence-corrected chi connectivity index (χ4v) is 3.50. The Hall–Kier alpha value is -1.55. The van der Waals surface area contributed by atoms with E-state index in [0.29, 0.717) is 30.3 Å². The van der Waals surface area contributed by atoms with Crippen LogP contribution in [0.5, 0.6) is 0 Å². The summed E-state index contributed by atoms with van der Waals surface area (Å²) in [5.74, 6) is -2.36. The molecule has 10 heteroatoms. The van der Waals surface area contributed by atoms with Crippen LogP contribution in [0.3, 0.4) is 0 Å². The van der Waals surface area contributed by atoms with E-state index in [1.165, 1.54) is 29.2 Å². The van der Waals surface area contributed by atoms with Crippen LogP contribution in [0.2, 0.25) is 0 Å². The predicted molar refractivity (Wildman–Crippen MR) is 89.6 cm³/mol. The summed E-state index contributed by atoms with van der Waals surface area (Å²) in [5.41, 5.74) is 0.556. The molecule has 0 aromatic heterocycles. The quantitative estimate of drug-likeness (QED) is 0.466. The van der Waals surface area contributed by atoms with Crippen molar-refractivity contribution in [2.75, 3.05) is 12.3 Å². The first kappa shape index (κ1) is 18.8. The normalized spacial score (nSPS) is 20.4. The van der Waals surface area contributed by atoms with Gasteiger partial charge in [-0.2, -0.15) is 21.4 Å². The molecule has 132 valence electrons. The third kappa shape index (κ3) is 5.23. The van der Waals surface area contributed by atoms with Gasteiger partial charge in [0.2, 0.25) is 0 Å². The lowest BCUT2D eigenvalue weighted by Gasteiger charge is -2.23. The Bertz CT molecular complexity index is 589. The molecular weight excluding hydrogens is 362 g/mol.